The van der Waals surface area contributed by atoms with Crippen LogP contribution in [0.25, 0.3) is 0 Å². The van der Waals surface area contributed by atoms with Crippen LogP contribution in [-0.2, 0) is 4.79 Å². The van der Waals surface area contributed by atoms with Crippen LogP contribution in [0.15, 0.2) is 24.3 Å². The van der Waals surface area contributed by atoms with E-state index in [-0.39, 0.29) is 29.9 Å². The van der Waals surface area contributed by atoms with Crippen LogP contribution in [0.5, 0.6) is 5.75 Å². The smallest absolute Gasteiger partial charge is 0.339 e. The number of carboxylic acid groups (broad SMARTS) is 1. The van der Waals surface area contributed by atoms with E-state index in [9.17, 15) is 9.59 Å². The first kappa shape index (κ1) is 14.0. The Hall–Kier alpha value is -2.04. The lowest BCUT2D eigenvalue weighted by Gasteiger charge is -2.12. The largest absolute Gasteiger partial charge is 0.483 e. The molecule has 1 rings (SSSR count). The summed E-state index contributed by atoms with van der Waals surface area (Å²) in [5.41, 5.74) is 0.0499. The number of para-hydroxylation sites is 1. The second-order valence-corrected chi connectivity index (χ2v) is 3.97. The number of nitrogens with one attached hydrogen (secondary N) is 1. The topological polar surface area (TPSA) is 75.6 Å². The van der Waals surface area contributed by atoms with E-state index in [0.717, 1.165) is 6.42 Å². The van der Waals surface area contributed by atoms with Crippen LogP contribution in [0.4, 0.5) is 0 Å². The van der Waals surface area contributed by atoms with Gasteiger partial charge < -0.3 is 15.2 Å². The number of rotatable bonds is 6. The Morgan fingerprint density at radius 2 is 2.06 bits per heavy atom. The molecule has 1 atom stereocenters. The lowest BCUT2D eigenvalue weighted by atomic mass is 10.2. The van der Waals surface area contributed by atoms with Crippen molar-refractivity contribution in [1.82, 2.24) is 5.32 Å². The molecule has 0 heterocycles. The quantitative estimate of drug-likeness (QED) is 0.806. The average molecular weight is 251 g/mol. The van der Waals surface area contributed by atoms with Crippen molar-refractivity contribution in [2.75, 3.05) is 6.61 Å². The molecule has 0 fully saturated rings. The molecule has 1 aromatic carbocycles. The van der Waals surface area contributed by atoms with Gasteiger partial charge >= 0.3 is 5.97 Å². The van der Waals surface area contributed by atoms with Crippen LogP contribution >= 0.6 is 0 Å². The summed E-state index contributed by atoms with van der Waals surface area (Å²) >= 11 is 0. The third-order valence-corrected chi connectivity index (χ3v) is 2.50. The van der Waals surface area contributed by atoms with Crippen molar-refractivity contribution in [2.45, 2.75) is 26.3 Å². The minimum Gasteiger partial charge on any atom is -0.483 e. The summed E-state index contributed by atoms with van der Waals surface area (Å²) in [4.78, 5) is 22.4. The summed E-state index contributed by atoms with van der Waals surface area (Å²) in [6.07, 6.45) is 0.831. The molecule has 0 saturated heterocycles. The maximum absolute atomic E-state index is 11.5. The molecule has 5 nitrogen and oxygen atoms in total. The molecular weight excluding hydrogens is 234 g/mol. The van der Waals surface area contributed by atoms with Crippen LogP contribution in [-0.4, -0.2) is 29.6 Å². The molecule has 98 valence electrons. The van der Waals surface area contributed by atoms with Crippen LogP contribution in [0.3, 0.4) is 0 Å². The van der Waals surface area contributed by atoms with Gasteiger partial charge in [-0.25, -0.2) is 4.79 Å². The highest BCUT2D eigenvalue weighted by atomic mass is 16.5. The highest BCUT2D eigenvalue weighted by molar-refractivity contribution is 5.91. The molecule has 5 heteroatoms. The fourth-order valence-corrected chi connectivity index (χ4v) is 1.33. The molecule has 0 radical (unpaired) electrons. The third kappa shape index (κ3) is 4.08. The second-order valence-electron chi connectivity index (χ2n) is 3.97. The summed E-state index contributed by atoms with van der Waals surface area (Å²) < 4.78 is 5.21. The van der Waals surface area contributed by atoms with Crippen molar-refractivity contribution in [1.29, 1.82) is 0 Å². The Labute approximate surface area is 106 Å². The molecule has 2 N–H and O–H groups in total. The van der Waals surface area contributed by atoms with Crippen molar-refractivity contribution in [3.63, 3.8) is 0 Å². The van der Waals surface area contributed by atoms with Crippen molar-refractivity contribution in [3.8, 4) is 5.75 Å². The number of hydrogen-bond donors (Lipinski definition) is 2. The Morgan fingerprint density at radius 1 is 1.39 bits per heavy atom. The van der Waals surface area contributed by atoms with Gasteiger partial charge in [-0.3, -0.25) is 4.79 Å². The Morgan fingerprint density at radius 3 is 2.67 bits per heavy atom. The van der Waals surface area contributed by atoms with Gasteiger partial charge in [0, 0.05) is 6.04 Å². The molecule has 0 aliphatic carbocycles. The first-order chi connectivity index (χ1) is 8.54. The summed E-state index contributed by atoms with van der Waals surface area (Å²) in [7, 11) is 0. The molecule has 0 unspecified atom stereocenters. The van der Waals surface area contributed by atoms with Gasteiger partial charge in [-0.05, 0) is 25.5 Å². The van der Waals surface area contributed by atoms with Gasteiger partial charge in [0.2, 0.25) is 0 Å². The van der Waals surface area contributed by atoms with Crippen LogP contribution in [0.2, 0.25) is 0 Å². The van der Waals surface area contributed by atoms with Gasteiger partial charge in [0.15, 0.2) is 6.61 Å². The first-order valence-corrected chi connectivity index (χ1v) is 5.79. The Kier molecular flexibility index (Phi) is 5.17. The van der Waals surface area contributed by atoms with Crippen molar-refractivity contribution in [3.05, 3.63) is 29.8 Å². The number of ether oxygens (including phenoxy) is 1. The maximum atomic E-state index is 11.5. The second kappa shape index (κ2) is 6.64. The number of amides is 1. The van der Waals surface area contributed by atoms with E-state index in [4.69, 9.17) is 9.84 Å². The average Bonchev–Trinajstić information content (AvgIpc) is 2.36. The Bertz CT molecular complexity index is 431. The van der Waals surface area contributed by atoms with Gasteiger partial charge in [-0.2, -0.15) is 0 Å². The standard InChI is InChI=1S/C13H17NO4/c1-3-9(2)14-12(15)8-18-11-7-5-4-6-10(11)13(16)17/h4-7,9H,3,8H2,1-2H3,(H,14,15)(H,16,17)/t9-/m0/s1. The van der Waals surface area contributed by atoms with Gasteiger partial charge in [0.1, 0.15) is 11.3 Å². The lowest BCUT2D eigenvalue weighted by molar-refractivity contribution is -0.123. The maximum Gasteiger partial charge on any atom is 0.339 e. The van der Waals surface area contributed by atoms with E-state index in [1.165, 1.54) is 12.1 Å². The normalized spacial score (nSPS) is 11.7. The monoisotopic (exact) mass is 251 g/mol. The number of carbonyl (C=O) groups excluding carboxylic acids is 1. The highest BCUT2D eigenvalue weighted by Gasteiger charge is 2.12. The molecule has 0 spiro atoms. The van der Waals surface area contributed by atoms with Crippen molar-refractivity contribution >= 4 is 11.9 Å². The number of carboxylic acids is 1. The van der Waals surface area contributed by atoms with E-state index >= 15 is 0 Å². The van der Waals surface area contributed by atoms with E-state index in [1.807, 2.05) is 13.8 Å². The molecule has 1 aromatic rings. The molecule has 1 amide bonds. The fraction of sp³-hybridized carbons (Fsp3) is 0.385. The van der Waals surface area contributed by atoms with Gasteiger partial charge in [0.25, 0.3) is 5.91 Å². The van der Waals surface area contributed by atoms with Crippen molar-refractivity contribution in [2.24, 2.45) is 0 Å². The van der Waals surface area contributed by atoms with Crippen LogP contribution < -0.4 is 10.1 Å². The highest BCUT2D eigenvalue weighted by Crippen LogP contribution is 2.17. The molecule has 0 aliphatic heterocycles. The zero-order valence-electron chi connectivity index (χ0n) is 10.5. The number of hydrogen-bond acceptors (Lipinski definition) is 3. The van der Waals surface area contributed by atoms with E-state index in [2.05, 4.69) is 5.32 Å². The minimum atomic E-state index is -1.08. The summed E-state index contributed by atoms with van der Waals surface area (Å²) in [6, 6.07) is 6.31. The first-order valence-electron chi connectivity index (χ1n) is 5.79. The number of benzene rings is 1. The minimum absolute atomic E-state index is 0.0499. The predicted molar refractivity (Wildman–Crippen MR) is 66.8 cm³/mol. The summed E-state index contributed by atoms with van der Waals surface area (Å²) in [6.45, 7) is 3.67. The summed E-state index contributed by atoms with van der Waals surface area (Å²) in [5, 5.41) is 11.7. The summed E-state index contributed by atoms with van der Waals surface area (Å²) in [5.74, 6) is -1.14. The third-order valence-electron chi connectivity index (χ3n) is 2.50. The predicted octanol–water partition coefficient (Wildman–Crippen LogP) is 1.68. The Balaban J connectivity index is 2.58. The SMILES string of the molecule is CC[C@H](C)NC(=O)COc1ccccc1C(=O)O. The van der Waals surface area contributed by atoms with Crippen LogP contribution in [0.1, 0.15) is 30.6 Å². The van der Waals surface area contributed by atoms with Crippen molar-refractivity contribution < 1.29 is 19.4 Å². The fourth-order valence-electron chi connectivity index (χ4n) is 1.33. The zero-order valence-corrected chi connectivity index (χ0v) is 10.5. The number of carbonyl (C=O) groups is 2. The number of aromatic carboxylic acids is 1. The van der Waals surface area contributed by atoms with E-state index in [1.54, 1.807) is 12.1 Å². The van der Waals surface area contributed by atoms with E-state index < -0.39 is 5.97 Å². The van der Waals surface area contributed by atoms with Gasteiger partial charge in [-0.1, -0.05) is 19.1 Å². The molecule has 18 heavy (non-hydrogen) atoms. The molecule has 0 saturated carbocycles. The van der Waals surface area contributed by atoms with Crippen LogP contribution in [0, 0.1) is 0 Å². The lowest BCUT2D eigenvalue weighted by Crippen LogP contribution is -2.35. The van der Waals surface area contributed by atoms with E-state index in [0.29, 0.717) is 0 Å². The molecule has 0 aromatic heterocycles. The van der Waals surface area contributed by atoms with Gasteiger partial charge in [-0.15, -0.1) is 0 Å². The zero-order chi connectivity index (χ0) is 13.5. The molecule has 0 aliphatic rings. The van der Waals surface area contributed by atoms with Gasteiger partial charge in [0.05, 0.1) is 0 Å². The molecular formula is C13H17NO4. The molecule has 0 bridgehead atoms.